The SMILES string of the molecule is CN1CCC(n2nccc2C(F)(F)F)CC1. The molecule has 1 aliphatic rings. The topological polar surface area (TPSA) is 21.1 Å². The van der Waals surface area contributed by atoms with Crippen LogP contribution in [0.15, 0.2) is 12.3 Å². The predicted molar refractivity (Wildman–Crippen MR) is 53.0 cm³/mol. The van der Waals surface area contributed by atoms with Crippen LogP contribution < -0.4 is 0 Å². The van der Waals surface area contributed by atoms with Crippen LogP contribution in [0.2, 0.25) is 0 Å². The van der Waals surface area contributed by atoms with E-state index in [2.05, 4.69) is 10.00 Å². The van der Waals surface area contributed by atoms with Crippen molar-refractivity contribution >= 4 is 0 Å². The molecule has 0 atom stereocenters. The molecule has 6 heteroatoms. The van der Waals surface area contributed by atoms with Gasteiger partial charge in [0.15, 0.2) is 0 Å². The highest BCUT2D eigenvalue weighted by Crippen LogP contribution is 2.32. The molecule has 1 saturated heterocycles. The normalized spacial score (nSPS) is 20.2. The fraction of sp³-hybridized carbons (Fsp3) is 0.700. The summed E-state index contributed by atoms with van der Waals surface area (Å²) in [6.45, 7) is 1.64. The van der Waals surface area contributed by atoms with Crippen molar-refractivity contribution in [3.63, 3.8) is 0 Å². The molecule has 1 fully saturated rings. The smallest absolute Gasteiger partial charge is 0.306 e. The molecule has 90 valence electrons. The van der Waals surface area contributed by atoms with E-state index in [9.17, 15) is 13.2 Å². The van der Waals surface area contributed by atoms with Crippen LogP contribution in [0.1, 0.15) is 24.6 Å². The lowest BCUT2D eigenvalue weighted by atomic mass is 10.1. The van der Waals surface area contributed by atoms with Gasteiger partial charge in [-0.05, 0) is 39.0 Å². The van der Waals surface area contributed by atoms with Gasteiger partial charge in [0.25, 0.3) is 0 Å². The Morgan fingerprint density at radius 1 is 1.31 bits per heavy atom. The second-order valence-electron chi connectivity index (χ2n) is 4.19. The minimum absolute atomic E-state index is 0.122. The lowest BCUT2D eigenvalue weighted by Crippen LogP contribution is -2.33. The molecule has 16 heavy (non-hydrogen) atoms. The van der Waals surface area contributed by atoms with Gasteiger partial charge in [-0.15, -0.1) is 0 Å². The van der Waals surface area contributed by atoms with E-state index in [4.69, 9.17) is 0 Å². The number of halogens is 3. The summed E-state index contributed by atoms with van der Waals surface area (Å²) in [4.78, 5) is 2.12. The first-order valence-electron chi connectivity index (χ1n) is 5.28. The van der Waals surface area contributed by atoms with Gasteiger partial charge in [0.05, 0.1) is 6.04 Å². The third-order valence-corrected chi connectivity index (χ3v) is 2.99. The molecule has 0 aromatic carbocycles. The van der Waals surface area contributed by atoms with E-state index in [-0.39, 0.29) is 6.04 Å². The van der Waals surface area contributed by atoms with Crippen molar-refractivity contribution in [3.8, 4) is 0 Å². The van der Waals surface area contributed by atoms with E-state index < -0.39 is 11.9 Å². The van der Waals surface area contributed by atoms with Crippen molar-refractivity contribution in [2.45, 2.75) is 25.1 Å². The van der Waals surface area contributed by atoms with E-state index in [1.165, 1.54) is 6.20 Å². The number of hydrogen-bond donors (Lipinski definition) is 0. The number of piperidine rings is 1. The largest absolute Gasteiger partial charge is 0.433 e. The summed E-state index contributed by atoms with van der Waals surface area (Å²) in [6.07, 6.45) is -1.64. The van der Waals surface area contributed by atoms with Gasteiger partial charge in [0, 0.05) is 6.20 Å². The molecule has 0 radical (unpaired) electrons. The van der Waals surface area contributed by atoms with Gasteiger partial charge < -0.3 is 4.90 Å². The Kier molecular flexibility index (Phi) is 2.92. The number of aromatic nitrogens is 2. The second kappa shape index (κ2) is 4.08. The second-order valence-corrected chi connectivity index (χ2v) is 4.19. The van der Waals surface area contributed by atoms with Crippen molar-refractivity contribution in [1.82, 2.24) is 14.7 Å². The molecular weight excluding hydrogens is 219 g/mol. The standard InChI is InChI=1S/C10H14F3N3/c1-15-6-3-8(4-7-15)16-9(2-5-14-16)10(11,12)13/h2,5,8H,3-4,6-7H2,1H3. The quantitative estimate of drug-likeness (QED) is 0.741. The van der Waals surface area contributed by atoms with Gasteiger partial charge in [-0.25, -0.2) is 0 Å². The molecule has 2 heterocycles. The summed E-state index contributed by atoms with van der Waals surface area (Å²) in [5.41, 5.74) is -0.637. The van der Waals surface area contributed by atoms with E-state index in [1.54, 1.807) is 0 Å². The Morgan fingerprint density at radius 3 is 2.50 bits per heavy atom. The predicted octanol–water partition coefficient (Wildman–Crippen LogP) is 2.17. The van der Waals surface area contributed by atoms with Crippen LogP contribution in [0, 0.1) is 0 Å². The number of likely N-dealkylation sites (tertiary alicyclic amines) is 1. The van der Waals surface area contributed by atoms with Crippen LogP contribution in [-0.4, -0.2) is 34.8 Å². The maximum atomic E-state index is 12.6. The van der Waals surface area contributed by atoms with Crippen LogP contribution in [-0.2, 0) is 6.18 Å². The third-order valence-electron chi connectivity index (χ3n) is 2.99. The van der Waals surface area contributed by atoms with Crippen LogP contribution in [0.5, 0.6) is 0 Å². The number of alkyl halides is 3. The zero-order valence-corrected chi connectivity index (χ0v) is 9.04. The molecule has 0 N–H and O–H groups in total. The molecule has 1 aromatic heterocycles. The average Bonchev–Trinajstić information content (AvgIpc) is 2.66. The molecule has 0 amide bonds. The summed E-state index contributed by atoms with van der Waals surface area (Å²) in [5.74, 6) is 0. The molecule has 0 bridgehead atoms. The van der Waals surface area contributed by atoms with E-state index in [1.807, 2.05) is 7.05 Å². The Bertz CT molecular complexity index is 350. The number of nitrogens with zero attached hydrogens (tertiary/aromatic N) is 3. The van der Waals surface area contributed by atoms with Crippen LogP contribution in [0.3, 0.4) is 0 Å². The summed E-state index contributed by atoms with van der Waals surface area (Å²) in [6, 6.07) is 0.918. The number of rotatable bonds is 1. The highest BCUT2D eigenvalue weighted by molar-refractivity contribution is 5.06. The fourth-order valence-electron chi connectivity index (χ4n) is 2.07. The minimum atomic E-state index is -4.31. The van der Waals surface area contributed by atoms with Crippen LogP contribution in [0.25, 0.3) is 0 Å². The average molecular weight is 233 g/mol. The Hall–Kier alpha value is -1.04. The molecule has 0 spiro atoms. The lowest BCUT2D eigenvalue weighted by Gasteiger charge is -2.30. The highest BCUT2D eigenvalue weighted by Gasteiger charge is 2.36. The summed E-state index contributed by atoms with van der Waals surface area (Å²) in [7, 11) is 1.98. The van der Waals surface area contributed by atoms with Gasteiger partial charge in [-0.3, -0.25) is 4.68 Å². The molecular formula is C10H14F3N3. The number of hydrogen-bond acceptors (Lipinski definition) is 2. The van der Waals surface area contributed by atoms with Gasteiger partial charge in [0.1, 0.15) is 5.69 Å². The van der Waals surface area contributed by atoms with Crippen molar-refractivity contribution < 1.29 is 13.2 Å². The van der Waals surface area contributed by atoms with Gasteiger partial charge in [-0.2, -0.15) is 18.3 Å². The molecule has 0 saturated carbocycles. The van der Waals surface area contributed by atoms with Gasteiger partial charge in [0.2, 0.25) is 0 Å². The molecule has 2 rings (SSSR count). The first kappa shape index (κ1) is 11.4. The third kappa shape index (κ3) is 2.21. The van der Waals surface area contributed by atoms with Crippen LogP contribution >= 0.6 is 0 Å². The minimum Gasteiger partial charge on any atom is -0.306 e. The fourth-order valence-corrected chi connectivity index (χ4v) is 2.07. The first-order chi connectivity index (χ1) is 7.48. The lowest BCUT2D eigenvalue weighted by molar-refractivity contribution is -0.145. The molecule has 1 aliphatic heterocycles. The van der Waals surface area contributed by atoms with Crippen molar-refractivity contribution in [2.75, 3.05) is 20.1 Å². The zero-order chi connectivity index (χ0) is 11.8. The van der Waals surface area contributed by atoms with Crippen molar-refractivity contribution in [1.29, 1.82) is 0 Å². The van der Waals surface area contributed by atoms with E-state index >= 15 is 0 Å². The maximum absolute atomic E-state index is 12.6. The van der Waals surface area contributed by atoms with Crippen molar-refractivity contribution in [2.24, 2.45) is 0 Å². The Morgan fingerprint density at radius 2 is 1.94 bits per heavy atom. The zero-order valence-electron chi connectivity index (χ0n) is 9.04. The van der Waals surface area contributed by atoms with E-state index in [0.29, 0.717) is 0 Å². The summed E-state index contributed by atoms with van der Waals surface area (Å²) < 4.78 is 39.1. The van der Waals surface area contributed by atoms with E-state index in [0.717, 1.165) is 36.7 Å². The highest BCUT2D eigenvalue weighted by atomic mass is 19.4. The van der Waals surface area contributed by atoms with Crippen molar-refractivity contribution in [3.05, 3.63) is 18.0 Å². The molecule has 3 nitrogen and oxygen atoms in total. The first-order valence-corrected chi connectivity index (χ1v) is 5.28. The molecule has 0 aliphatic carbocycles. The molecule has 0 unspecified atom stereocenters. The Balaban J connectivity index is 2.18. The monoisotopic (exact) mass is 233 g/mol. The summed E-state index contributed by atoms with van der Waals surface area (Å²) in [5, 5.41) is 3.81. The van der Waals surface area contributed by atoms with Gasteiger partial charge in [-0.1, -0.05) is 0 Å². The van der Waals surface area contributed by atoms with Crippen LogP contribution in [0.4, 0.5) is 13.2 Å². The molecule has 1 aromatic rings. The Labute approximate surface area is 91.8 Å². The summed E-state index contributed by atoms with van der Waals surface area (Å²) >= 11 is 0. The van der Waals surface area contributed by atoms with Gasteiger partial charge >= 0.3 is 6.18 Å². The maximum Gasteiger partial charge on any atom is 0.433 e.